The van der Waals surface area contributed by atoms with Crippen LogP contribution in [0.5, 0.6) is 0 Å². The first-order chi connectivity index (χ1) is 10.3. The molecule has 1 aliphatic heterocycles. The van der Waals surface area contributed by atoms with Crippen LogP contribution >= 0.6 is 0 Å². The lowest BCUT2D eigenvalue weighted by Gasteiger charge is -2.37. The van der Waals surface area contributed by atoms with Crippen molar-refractivity contribution in [2.24, 2.45) is 0 Å². The van der Waals surface area contributed by atoms with Crippen LogP contribution in [0.15, 0.2) is 60.7 Å². The molecule has 2 aromatic carbocycles. The average molecular weight is 300 g/mol. The third-order valence-electron chi connectivity index (χ3n) is 3.90. The van der Waals surface area contributed by atoms with Gasteiger partial charge in [-0.15, -0.1) is 0 Å². The third-order valence-corrected chi connectivity index (χ3v) is 7.29. The molecule has 0 unspecified atom stereocenters. The van der Waals surface area contributed by atoms with Crippen molar-refractivity contribution in [1.29, 1.82) is 0 Å². The minimum Gasteiger partial charge on any atom is -0.365 e. The molecule has 0 spiro atoms. The maximum atomic E-state index is 5.95. The fourth-order valence-electron chi connectivity index (χ4n) is 2.95. The number of nitrogens with zero attached hydrogens (tertiary/aromatic N) is 2. The van der Waals surface area contributed by atoms with E-state index in [1.807, 2.05) is 36.4 Å². The van der Waals surface area contributed by atoms with Gasteiger partial charge in [0.05, 0.1) is 0 Å². The summed E-state index contributed by atoms with van der Waals surface area (Å²) in [6.07, 6.45) is 0. The van der Waals surface area contributed by atoms with Crippen molar-refractivity contribution >= 4 is 20.3 Å². The zero-order chi connectivity index (χ0) is 14.7. The van der Waals surface area contributed by atoms with Gasteiger partial charge in [-0.1, -0.05) is 36.4 Å². The van der Waals surface area contributed by atoms with E-state index in [-0.39, 0.29) is 0 Å². The van der Waals surface area contributed by atoms with Gasteiger partial charge in [-0.05, 0) is 24.3 Å². The highest BCUT2D eigenvalue weighted by molar-refractivity contribution is 6.76. The van der Waals surface area contributed by atoms with Crippen molar-refractivity contribution in [3.8, 4) is 0 Å². The first-order valence-electron chi connectivity index (χ1n) is 7.07. The second-order valence-electron chi connectivity index (χ2n) is 4.93. The molecule has 0 bridgehead atoms. The number of rotatable bonds is 4. The number of hydrogen-bond donors (Lipinski definition) is 0. The Morgan fingerprint density at radius 3 is 1.43 bits per heavy atom. The monoisotopic (exact) mass is 300 g/mol. The van der Waals surface area contributed by atoms with Crippen LogP contribution in [-0.2, 0) is 8.85 Å². The second-order valence-corrected chi connectivity index (χ2v) is 7.92. The van der Waals surface area contributed by atoms with Crippen molar-refractivity contribution in [3.05, 3.63) is 60.7 Å². The summed E-state index contributed by atoms with van der Waals surface area (Å²) < 4.78 is 16.5. The number of anilines is 2. The van der Waals surface area contributed by atoms with Gasteiger partial charge in [-0.2, -0.15) is 0 Å². The lowest BCUT2D eigenvalue weighted by atomic mass is 10.3. The van der Waals surface area contributed by atoms with E-state index in [0.717, 1.165) is 24.5 Å². The van der Waals surface area contributed by atoms with Crippen LogP contribution in [0.2, 0.25) is 0 Å². The lowest BCUT2D eigenvalue weighted by molar-refractivity contribution is 0.244. The van der Waals surface area contributed by atoms with Gasteiger partial charge in [-0.25, -0.2) is 0 Å². The summed E-state index contributed by atoms with van der Waals surface area (Å²) in [5, 5.41) is 0. The van der Waals surface area contributed by atoms with Gasteiger partial charge in [0, 0.05) is 38.7 Å². The van der Waals surface area contributed by atoms with Crippen LogP contribution in [0.25, 0.3) is 0 Å². The summed E-state index contributed by atoms with van der Waals surface area (Å²) in [5.74, 6) is 0. The number of hydrogen-bond acceptors (Lipinski definition) is 4. The molecule has 1 fully saturated rings. The van der Waals surface area contributed by atoms with Gasteiger partial charge in [-0.3, -0.25) is 0 Å². The summed E-state index contributed by atoms with van der Waals surface area (Å²) in [7, 11) is 0.832. The molecule has 3 rings (SSSR count). The zero-order valence-electron chi connectivity index (χ0n) is 12.4. The molecule has 110 valence electrons. The van der Waals surface area contributed by atoms with Crippen molar-refractivity contribution in [2.45, 2.75) is 0 Å². The molecule has 5 heteroatoms. The summed E-state index contributed by atoms with van der Waals surface area (Å²) >= 11 is 0. The van der Waals surface area contributed by atoms with Gasteiger partial charge >= 0.3 is 8.88 Å². The topological polar surface area (TPSA) is 24.9 Å². The van der Waals surface area contributed by atoms with Crippen molar-refractivity contribution < 1.29 is 8.85 Å². The van der Waals surface area contributed by atoms with Gasteiger partial charge in [0.15, 0.2) is 0 Å². The quantitative estimate of drug-likeness (QED) is 0.811. The van der Waals surface area contributed by atoms with Gasteiger partial charge < -0.3 is 18.0 Å². The van der Waals surface area contributed by atoms with E-state index < -0.39 is 8.88 Å². The summed E-state index contributed by atoms with van der Waals surface area (Å²) in [6, 6.07) is 20.7. The summed E-state index contributed by atoms with van der Waals surface area (Å²) in [6.45, 7) is 1.79. The minimum atomic E-state index is -2.65. The molecule has 0 aromatic heterocycles. The Morgan fingerprint density at radius 2 is 1.10 bits per heavy atom. The van der Waals surface area contributed by atoms with Crippen LogP contribution in [0.4, 0.5) is 11.4 Å². The maximum absolute atomic E-state index is 5.95. The molecule has 4 nitrogen and oxygen atoms in total. The van der Waals surface area contributed by atoms with Gasteiger partial charge in [0.2, 0.25) is 0 Å². The summed E-state index contributed by atoms with van der Waals surface area (Å²) in [4.78, 5) is 0. The Kier molecular flexibility index (Phi) is 3.96. The molecule has 0 N–H and O–H groups in total. The Hall–Kier alpha value is -1.82. The molecular formula is C16H20N2O2Si. The zero-order valence-corrected chi connectivity index (χ0v) is 13.4. The maximum Gasteiger partial charge on any atom is 0.588 e. The normalized spacial score (nSPS) is 17.2. The van der Waals surface area contributed by atoms with E-state index in [1.165, 1.54) is 0 Å². The Balaban J connectivity index is 2.01. The molecule has 0 radical (unpaired) electrons. The molecule has 0 atom stereocenters. The Labute approximate surface area is 126 Å². The van der Waals surface area contributed by atoms with Crippen molar-refractivity contribution in [3.63, 3.8) is 0 Å². The van der Waals surface area contributed by atoms with Crippen LogP contribution < -0.4 is 9.13 Å². The Morgan fingerprint density at radius 1 is 0.714 bits per heavy atom. The molecule has 1 saturated heterocycles. The van der Waals surface area contributed by atoms with E-state index in [9.17, 15) is 0 Å². The molecule has 1 aliphatic rings. The standard InChI is InChI=1S/C16H20N2O2Si/c1-19-21(20-2)17(15-9-5-3-6-10-15)13-14-18(21)16-11-7-4-8-12-16/h3-12H,13-14H2,1-2H3. The third kappa shape index (κ3) is 2.33. The molecule has 2 aromatic rings. The number of benzene rings is 2. The van der Waals surface area contributed by atoms with E-state index in [1.54, 1.807) is 14.2 Å². The largest absolute Gasteiger partial charge is 0.588 e. The van der Waals surface area contributed by atoms with Crippen molar-refractivity contribution in [1.82, 2.24) is 0 Å². The Bertz CT molecular complexity index is 526. The molecule has 0 saturated carbocycles. The fraction of sp³-hybridized carbons (Fsp3) is 0.250. The lowest BCUT2D eigenvalue weighted by Crippen LogP contribution is -2.63. The van der Waals surface area contributed by atoms with E-state index in [0.29, 0.717) is 0 Å². The van der Waals surface area contributed by atoms with Gasteiger partial charge in [0.1, 0.15) is 0 Å². The van der Waals surface area contributed by atoms with Crippen LogP contribution in [0, 0.1) is 0 Å². The first kappa shape index (κ1) is 14.1. The smallest absolute Gasteiger partial charge is 0.365 e. The van der Waals surface area contributed by atoms with Crippen LogP contribution in [0.1, 0.15) is 0 Å². The molecule has 0 aliphatic carbocycles. The highest BCUT2D eigenvalue weighted by Crippen LogP contribution is 2.33. The van der Waals surface area contributed by atoms with E-state index >= 15 is 0 Å². The SMILES string of the molecule is CO[Si]1(OC)N(c2ccccc2)CCN1c1ccccc1. The fourth-order valence-corrected chi connectivity index (χ4v) is 6.01. The summed E-state index contributed by atoms with van der Waals surface area (Å²) in [5.41, 5.74) is 2.29. The first-order valence-corrected chi connectivity index (χ1v) is 8.78. The number of para-hydroxylation sites is 2. The minimum absolute atomic E-state index is 0.896. The molecule has 0 amide bonds. The highest BCUT2D eigenvalue weighted by atomic mass is 28.4. The molecule has 21 heavy (non-hydrogen) atoms. The predicted molar refractivity (Wildman–Crippen MR) is 87.3 cm³/mol. The van der Waals surface area contributed by atoms with Crippen LogP contribution in [-0.4, -0.2) is 36.2 Å². The van der Waals surface area contributed by atoms with Crippen molar-refractivity contribution in [2.75, 3.05) is 36.4 Å². The van der Waals surface area contributed by atoms with E-state index in [4.69, 9.17) is 8.85 Å². The van der Waals surface area contributed by atoms with E-state index in [2.05, 4.69) is 33.4 Å². The average Bonchev–Trinajstić information content (AvgIpc) is 2.96. The van der Waals surface area contributed by atoms with Crippen LogP contribution in [0.3, 0.4) is 0 Å². The highest BCUT2D eigenvalue weighted by Gasteiger charge is 2.56. The second kappa shape index (κ2) is 5.89. The van der Waals surface area contributed by atoms with Gasteiger partial charge in [0.25, 0.3) is 0 Å². The molecular weight excluding hydrogens is 280 g/mol. The predicted octanol–water partition coefficient (Wildman–Crippen LogP) is 2.74. The molecule has 1 heterocycles.